The first-order valence-corrected chi connectivity index (χ1v) is 8.35. The number of hydrogen-bond donors (Lipinski definition) is 0. The topological polar surface area (TPSA) is 68.3 Å². The van der Waals surface area contributed by atoms with Crippen molar-refractivity contribution in [2.75, 3.05) is 0 Å². The lowest BCUT2D eigenvalue weighted by Gasteiger charge is -2.08. The predicted molar refractivity (Wildman–Crippen MR) is 95.0 cm³/mol. The van der Waals surface area contributed by atoms with E-state index in [1.165, 1.54) is 0 Å². The second-order valence-corrected chi connectivity index (χ2v) is 6.85. The molecular weight excluding hydrogens is 492 g/mol. The highest BCUT2D eigenvalue weighted by Gasteiger charge is 2.32. The van der Waals surface area contributed by atoms with Gasteiger partial charge in [0, 0.05) is 0 Å². The Hall–Kier alpha value is -0.0400. The summed E-state index contributed by atoms with van der Waals surface area (Å²) < 4.78 is 0. The van der Waals surface area contributed by atoms with Gasteiger partial charge < -0.3 is 0 Å². The van der Waals surface area contributed by atoms with Gasteiger partial charge in [0.25, 0.3) is 0 Å². The molecule has 2 aliphatic rings. The smallest absolute Gasteiger partial charge is 0.219 e. The van der Waals surface area contributed by atoms with Crippen LogP contribution in [0.15, 0.2) is 40.3 Å². The van der Waals surface area contributed by atoms with Crippen LogP contribution in [0.1, 0.15) is 0 Å². The van der Waals surface area contributed by atoms with Crippen molar-refractivity contribution in [1.82, 2.24) is 0 Å². The summed E-state index contributed by atoms with van der Waals surface area (Å²) in [6.45, 7) is 0. The quantitative estimate of drug-likeness (QED) is 0.446. The van der Waals surface area contributed by atoms with Gasteiger partial charge in [-0.3, -0.25) is 19.2 Å². The van der Waals surface area contributed by atoms with E-state index >= 15 is 0 Å². The zero-order valence-corrected chi connectivity index (χ0v) is 16.7. The summed E-state index contributed by atoms with van der Waals surface area (Å²) in [6, 6.07) is 0. The molecule has 0 atom stereocenters. The molecule has 0 aromatic carbocycles. The first-order valence-electron chi connectivity index (χ1n) is 5.33. The van der Waals surface area contributed by atoms with Gasteiger partial charge in [0.05, 0.1) is 0 Å². The average molecular weight is 492 g/mol. The molecule has 0 spiro atoms. The third-order valence-corrected chi connectivity index (χ3v) is 5.64. The standard InChI is InChI=1S/2C6Cl4O2/c2*7-1-2(8)6(12)4(10)3(9)5(1)11. The maximum absolute atomic E-state index is 11.0. The summed E-state index contributed by atoms with van der Waals surface area (Å²) in [4.78, 5) is 44.0. The molecule has 0 aliphatic heterocycles. The molecule has 0 N–H and O–H groups in total. The van der Waals surface area contributed by atoms with Crippen LogP contribution in [0.2, 0.25) is 0 Å². The maximum atomic E-state index is 11.0. The molecule has 0 bridgehead atoms. The van der Waals surface area contributed by atoms with Crippen LogP contribution in [0.5, 0.6) is 0 Å². The van der Waals surface area contributed by atoms with E-state index in [9.17, 15) is 19.2 Å². The molecule has 0 radical (unpaired) electrons. The Balaban J connectivity index is 0.000000240. The first kappa shape index (κ1) is 22.0. The predicted octanol–water partition coefficient (Wildman–Crippen LogP) is 5.03. The Morgan fingerprint density at radius 2 is 0.375 bits per heavy atom. The highest BCUT2D eigenvalue weighted by atomic mass is 35.5. The molecule has 12 heteroatoms. The molecular formula is C12Cl8O4. The number of carbonyl (C=O) groups is 4. The van der Waals surface area contributed by atoms with E-state index < -0.39 is 63.4 Å². The van der Waals surface area contributed by atoms with Crippen molar-refractivity contribution >= 4 is 116 Å². The average Bonchev–Trinajstić information content (AvgIpc) is 2.58. The van der Waals surface area contributed by atoms with Crippen molar-refractivity contribution in [3.05, 3.63) is 40.3 Å². The molecule has 0 saturated heterocycles. The summed E-state index contributed by atoms with van der Waals surface area (Å²) >= 11 is 43.0. The molecule has 2 rings (SSSR count). The second kappa shape index (κ2) is 8.56. The molecule has 4 nitrogen and oxygen atoms in total. The van der Waals surface area contributed by atoms with E-state index in [2.05, 4.69) is 0 Å². The van der Waals surface area contributed by atoms with Crippen LogP contribution in [0.4, 0.5) is 0 Å². The molecule has 24 heavy (non-hydrogen) atoms. The minimum Gasteiger partial charge on any atom is -0.286 e. The highest BCUT2D eigenvalue weighted by molar-refractivity contribution is 6.70. The van der Waals surface area contributed by atoms with Crippen molar-refractivity contribution < 1.29 is 19.2 Å². The number of halogens is 8. The van der Waals surface area contributed by atoms with Crippen molar-refractivity contribution in [1.29, 1.82) is 0 Å². The van der Waals surface area contributed by atoms with Gasteiger partial charge in [-0.15, -0.1) is 0 Å². The molecule has 0 heterocycles. The molecule has 0 aromatic heterocycles. The molecule has 0 amide bonds. The van der Waals surface area contributed by atoms with Crippen molar-refractivity contribution in [3.63, 3.8) is 0 Å². The lowest BCUT2D eigenvalue weighted by Crippen LogP contribution is -2.14. The Morgan fingerprint density at radius 3 is 0.458 bits per heavy atom. The van der Waals surface area contributed by atoms with Gasteiger partial charge >= 0.3 is 0 Å². The molecule has 2 aliphatic carbocycles. The van der Waals surface area contributed by atoms with E-state index in [1.807, 2.05) is 0 Å². The van der Waals surface area contributed by atoms with Gasteiger partial charge in [0.2, 0.25) is 23.1 Å². The summed E-state index contributed by atoms with van der Waals surface area (Å²) in [5, 5.41) is -3.14. The summed E-state index contributed by atoms with van der Waals surface area (Å²) in [5.74, 6) is -2.92. The van der Waals surface area contributed by atoms with Crippen LogP contribution in [0.3, 0.4) is 0 Å². The molecule has 128 valence electrons. The monoisotopic (exact) mass is 488 g/mol. The number of ketones is 4. The van der Waals surface area contributed by atoms with Gasteiger partial charge in [-0.05, 0) is 0 Å². The van der Waals surface area contributed by atoms with Gasteiger partial charge in [-0.25, -0.2) is 0 Å². The van der Waals surface area contributed by atoms with Gasteiger partial charge in [0.15, 0.2) is 0 Å². The minimum atomic E-state index is -0.729. The van der Waals surface area contributed by atoms with Crippen LogP contribution in [-0.4, -0.2) is 23.1 Å². The van der Waals surface area contributed by atoms with Crippen LogP contribution in [0.25, 0.3) is 0 Å². The van der Waals surface area contributed by atoms with Crippen molar-refractivity contribution in [2.24, 2.45) is 0 Å². The fourth-order valence-corrected chi connectivity index (χ4v) is 2.82. The van der Waals surface area contributed by atoms with Gasteiger partial charge in [-0.2, -0.15) is 0 Å². The summed E-state index contributed by atoms with van der Waals surface area (Å²) in [7, 11) is 0. The maximum Gasteiger partial charge on any atom is 0.219 e. The Morgan fingerprint density at radius 1 is 0.292 bits per heavy atom. The van der Waals surface area contributed by atoms with Crippen molar-refractivity contribution in [2.45, 2.75) is 0 Å². The number of hydrogen-bond acceptors (Lipinski definition) is 4. The third-order valence-electron chi connectivity index (χ3n) is 2.37. The highest BCUT2D eigenvalue weighted by Crippen LogP contribution is 2.33. The Kier molecular flexibility index (Phi) is 7.85. The number of rotatable bonds is 0. The summed E-state index contributed by atoms with van der Waals surface area (Å²) in [6.07, 6.45) is 0. The fourth-order valence-electron chi connectivity index (χ4n) is 1.18. The lowest BCUT2D eigenvalue weighted by molar-refractivity contribution is -0.114. The Bertz CT molecular complexity index is 623. The van der Waals surface area contributed by atoms with E-state index in [4.69, 9.17) is 92.8 Å². The lowest BCUT2D eigenvalue weighted by atomic mass is 10.1. The van der Waals surface area contributed by atoms with Gasteiger partial charge in [0.1, 0.15) is 40.3 Å². The molecule has 0 fully saturated rings. The minimum absolute atomic E-state index is 0.393. The van der Waals surface area contributed by atoms with E-state index in [0.29, 0.717) is 0 Å². The zero-order chi connectivity index (χ0) is 18.9. The van der Waals surface area contributed by atoms with E-state index in [-0.39, 0.29) is 0 Å². The van der Waals surface area contributed by atoms with Crippen LogP contribution in [-0.2, 0) is 19.2 Å². The molecule has 0 aromatic rings. The van der Waals surface area contributed by atoms with Gasteiger partial charge in [-0.1, -0.05) is 92.8 Å². The van der Waals surface area contributed by atoms with Crippen LogP contribution in [0, 0.1) is 0 Å². The zero-order valence-electron chi connectivity index (χ0n) is 10.7. The number of Topliss-reactive ketones (excluding diaryl/α,β-unsaturated/α-hetero) is 4. The third kappa shape index (κ3) is 4.19. The fraction of sp³-hybridized carbons (Fsp3) is 0. The second-order valence-electron chi connectivity index (χ2n) is 3.83. The largest absolute Gasteiger partial charge is 0.286 e. The van der Waals surface area contributed by atoms with Crippen LogP contribution < -0.4 is 0 Å². The number of carbonyl (C=O) groups excluding carboxylic acids is 4. The molecule has 0 unspecified atom stereocenters. The SMILES string of the molecule is O=C1C(Cl)=C(Cl)C(=O)C(Cl)=C1Cl.O=C1C(Cl)=C(Cl)C(=O)C(Cl)=C1Cl. The van der Waals surface area contributed by atoms with E-state index in [1.54, 1.807) is 0 Å². The molecule has 0 saturated carbocycles. The van der Waals surface area contributed by atoms with Crippen LogP contribution >= 0.6 is 92.8 Å². The first-order chi connectivity index (χ1) is 10.9. The normalized spacial score (nSPS) is 19.3. The number of allylic oxidation sites excluding steroid dienone is 8. The Labute approximate surface area is 174 Å². The van der Waals surface area contributed by atoms with E-state index in [0.717, 1.165) is 0 Å². The van der Waals surface area contributed by atoms with Crippen molar-refractivity contribution in [3.8, 4) is 0 Å². The summed E-state index contributed by atoms with van der Waals surface area (Å²) in [5.41, 5.74) is 0.